The molecule has 0 bridgehead atoms. The molecular weight excluding hydrogens is 114 g/mol. The van der Waals surface area contributed by atoms with Gasteiger partial charge in [0.05, 0.1) is 0 Å². The van der Waals surface area contributed by atoms with Crippen molar-refractivity contribution in [1.29, 1.82) is 0 Å². The summed E-state index contributed by atoms with van der Waals surface area (Å²) in [5.41, 5.74) is 2.47. The summed E-state index contributed by atoms with van der Waals surface area (Å²) >= 11 is 5.12. The van der Waals surface area contributed by atoms with Crippen molar-refractivity contribution in [2.24, 2.45) is 0 Å². The highest BCUT2D eigenvalue weighted by atomic mass is 35.5. The second kappa shape index (κ2) is 5.79. The summed E-state index contributed by atoms with van der Waals surface area (Å²) in [6.45, 7) is 1.88. The Bertz CT molecular complexity index is 55.7. The molecule has 0 saturated carbocycles. The Labute approximate surface area is 48.1 Å². The van der Waals surface area contributed by atoms with E-state index in [0.717, 1.165) is 0 Å². The lowest BCUT2D eigenvalue weighted by Crippen LogP contribution is -2.03. The van der Waals surface area contributed by atoms with E-state index >= 15 is 0 Å². The van der Waals surface area contributed by atoms with Crippen molar-refractivity contribution >= 4 is 11.6 Å². The zero-order valence-electron chi connectivity index (χ0n) is 4.15. The van der Waals surface area contributed by atoms with E-state index < -0.39 is 0 Å². The van der Waals surface area contributed by atoms with E-state index in [2.05, 4.69) is 10.3 Å². The molecule has 0 unspecified atom stereocenters. The molecular formula is C4H8ClNO. The average molecular weight is 122 g/mol. The summed E-state index contributed by atoms with van der Waals surface area (Å²) in [4.78, 5) is 4.50. The molecule has 2 nitrogen and oxygen atoms in total. The molecule has 1 N–H and O–H groups in total. The first-order valence-corrected chi connectivity index (χ1v) is 2.49. The molecule has 3 heteroatoms. The molecule has 0 aliphatic heterocycles. The molecule has 0 atom stereocenters. The monoisotopic (exact) mass is 121 g/mol. The van der Waals surface area contributed by atoms with Crippen LogP contribution in [-0.2, 0) is 4.84 Å². The maximum Gasteiger partial charge on any atom is 0.148 e. The zero-order chi connectivity index (χ0) is 5.54. The van der Waals surface area contributed by atoms with Gasteiger partial charge in [0, 0.05) is 6.20 Å². The molecule has 42 valence electrons. The zero-order valence-corrected chi connectivity index (χ0v) is 4.90. The van der Waals surface area contributed by atoms with Crippen LogP contribution < -0.4 is 5.48 Å². The molecule has 0 fully saturated rings. The number of alkyl halides is 1. The van der Waals surface area contributed by atoms with Crippen molar-refractivity contribution in [2.75, 3.05) is 6.07 Å². The third kappa shape index (κ3) is 5.79. The maximum absolute atomic E-state index is 5.12. The van der Waals surface area contributed by atoms with Crippen molar-refractivity contribution in [3.05, 3.63) is 12.3 Å². The molecule has 0 amide bonds. The van der Waals surface area contributed by atoms with Gasteiger partial charge in [0.15, 0.2) is 0 Å². The Hall–Kier alpha value is -0.210. The minimum atomic E-state index is 0.171. The van der Waals surface area contributed by atoms with Crippen molar-refractivity contribution in [2.45, 2.75) is 6.92 Å². The largest absolute Gasteiger partial charge is 0.273 e. The van der Waals surface area contributed by atoms with Crippen LogP contribution in [0.3, 0.4) is 0 Å². The van der Waals surface area contributed by atoms with Crippen molar-refractivity contribution in [3.8, 4) is 0 Å². The summed E-state index contributed by atoms with van der Waals surface area (Å²) in [6.07, 6.45) is 3.47. The van der Waals surface area contributed by atoms with Gasteiger partial charge < -0.3 is 0 Å². The maximum atomic E-state index is 5.12. The van der Waals surface area contributed by atoms with E-state index in [4.69, 9.17) is 11.6 Å². The molecule has 0 rings (SSSR count). The third-order valence-electron chi connectivity index (χ3n) is 0.373. The van der Waals surface area contributed by atoms with Crippen LogP contribution in [0, 0.1) is 0 Å². The highest BCUT2D eigenvalue weighted by molar-refractivity contribution is 6.17. The van der Waals surface area contributed by atoms with Crippen LogP contribution in [-0.4, -0.2) is 6.07 Å². The van der Waals surface area contributed by atoms with Gasteiger partial charge in [0.1, 0.15) is 6.07 Å². The Morgan fingerprint density at radius 3 is 3.00 bits per heavy atom. The fourth-order valence-corrected chi connectivity index (χ4v) is 0.211. The summed E-state index contributed by atoms with van der Waals surface area (Å²) < 4.78 is 0. The van der Waals surface area contributed by atoms with E-state index in [1.807, 2.05) is 13.0 Å². The number of hydrogen-bond donors (Lipinski definition) is 1. The van der Waals surface area contributed by atoms with Gasteiger partial charge in [-0.25, -0.2) is 0 Å². The van der Waals surface area contributed by atoms with Gasteiger partial charge in [0.2, 0.25) is 0 Å². The smallest absolute Gasteiger partial charge is 0.148 e. The van der Waals surface area contributed by atoms with E-state index in [0.29, 0.717) is 0 Å². The second-order valence-electron chi connectivity index (χ2n) is 0.871. The Morgan fingerprint density at radius 2 is 2.57 bits per heavy atom. The lowest BCUT2D eigenvalue weighted by Gasteiger charge is -1.92. The minimum Gasteiger partial charge on any atom is -0.273 e. The number of rotatable bonds is 3. The molecule has 0 spiro atoms. The molecule has 0 aliphatic carbocycles. The topological polar surface area (TPSA) is 21.3 Å². The second-order valence-corrected chi connectivity index (χ2v) is 1.09. The molecule has 0 radical (unpaired) electrons. The average Bonchev–Trinajstić information content (AvgIpc) is 1.69. The quantitative estimate of drug-likeness (QED) is 0.345. The van der Waals surface area contributed by atoms with Gasteiger partial charge in [-0.05, 0) is 6.92 Å². The van der Waals surface area contributed by atoms with E-state index in [9.17, 15) is 0 Å². The van der Waals surface area contributed by atoms with Crippen molar-refractivity contribution in [3.63, 3.8) is 0 Å². The Balaban J connectivity index is 2.69. The Kier molecular flexibility index (Phi) is 5.62. The predicted molar refractivity (Wildman–Crippen MR) is 29.8 cm³/mol. The number of hydrogen-bond acceptors (Lipinski definition) is 2. The summed E-state index contributed by atoms with van der Waals surface area (Å²) in [5.74, 6) is 0. The number of halogens is 1. The first-order chi connectivity index (χ1) is 3.41. The highest BCUT2D eigenvalue weighted by Crippen LogP contribution is 1.71. The molecule has 0 heterocycles. The number of nitrogens with one attached hydrogen (secondary N) is 1. The van der Waals surface area contributed by atoms with Crippen LogP contribution in [0.5, 0.6) is 0 Å². The summed E-state index contributed by atoms with van der Waals surface area (Å²) in [6, 6.07) is 0.171. The van der Waals surface area contributed by atoms with Gasteiger partial charge in [0.25, 0.3) is 0 Å². The lowest BCUT2D eigenvalue weighted by atomic mass is 10.7. The fourth-order valence-electron chi connectivity index (χ4n) is 0.148. The standard InChI is InChI=1S/C4H8ClNO/c1-2-3-6-7-4-5/h2-3,6H,4H2,1H3/b3-2+. The van der Waals surface area contributed by atoms with Gasteiger partial charge in [-0.15, -0.1) is 0 Å². The lowest BCUT2D eigenvalue weighted by molar-refractivity contribution is 0.110. The predicted octanol–water partition coefficient (Wildman–Crippen LogP) is 1.24. The Morgan fingerprint density at radius 1 is 1.86 bits per heavy atom. The molecule has 7 heavy (non-hydrogen) atoms. The van der Waals surface area contributed by atoms with Gasteiger partial charge >= 0.3 is 0 Å². The summed E-state index contributed by atoms with van der Waals surface area (Å²) in [7, 11) is 0. The van der Waals surface area contributed by atoms with Gasteiger partial charge in [-0.1, -0.05) is 17.7 Å². The molecule has 0 aromatic carbocycles. The number of hydroxylamine groups is 1. The first-order valence-electron chi connectivity index (χ1n) is 1.96. The van der Waals surface area contributed by atoms with Crippen LogP contribution in [0.4, 0.5) is 0 Å². The molecule has 0 aromatic rings. The highest BCUT2D eigenvalue weighted by Gasteiger charge is 1.68. The minimum absolute atomic E-state index is 0.171. The SMILES string of the molecule is C/C=C/NOCCl. The van der Waals surface area contributed by atoms with Crippen molar-refractivity contribution in [1.82, 2.24) is 5.48 Å². The van der Waals surface area contributed by atoms with Crippen molar-refractivity contribution < 1.29 is 4.84 Å². The molecule has 0 saturated heterocycles. The molecule has 0 aliphatic rings. The van der Waals surface area contributed by atoms with Gasteiger partial charge in [-0.3, -0.25) is 10.3 Å². The van der Waals surface area contributed by atoms with Crippen LogP contribution >= 0.6 is 11.6 Å². The first kappa shape index (κ1) is 6.79. The molecule has 0 aromatic heterocycles. The normalized spacial score (nSPS) is 10.0. The van der Waals surface area contributed by atoms with Crippen LogP contribution in [0.25, 0.3) is 0 Å². The van der Waals surface area contributed by atoms with Crippen LogP contribution in [0.2, 0.25) is 0 Å². The van der Waals surface area contributed by atoms with E-state index in [-0.39, 0.29) is 6.07 Å². The van der Waals surface area contributed by atoms with Gasteiger partial charge in [-0.2, -0.15) is 0 Å². The van der Waals surface area contributed by atoms with Crippen LogP contribution in [0.1, 0.15) is 6.92 Å². The third-order valence-corrected chi connectivity index (χ3v) is 0.482. The van der Waals surface area contributed by atoms with E-state index in [1.165, 1.54) is 0 Å². The summed E-state index contributed by atoms with van der Waals surface area (Å²) in [5, 5.41) is 0. The van der Waals surface area contributed by atoms with Crippen LogP contribution in [0.15, 0.2) is 12.3 Å². The van der Waals surface area contributed by atoms with E-state index in [1.54, 1.807) is 6.20 Å². The fraction of sp³-hybridized carbons (Fsp3) is 0.500. The number of allylic oxidation sites excluding steroid dienone is 1.